The summed E-state index contributed by atoms with van der Waals surface area (Å²) < 4.78 is 0. The average Bonchev–Trinajstić information content (AvgIpc) is 2.36. The maximum atomic E-state index is 12.0. The zero-order valence-electron chi connectivity index (χ0n) is 12.7. The number of nitrogens with one attached hydrogen (secondary N) is 2. The minimum Gasteiger partial charge on any atom is -0.341 e. The van der Waals surface area contributed by atoms with Crippen LogP contribution in [0.4, 0.5) is 4.79 Å². The van der Waals surface area contributed by atoms with Crippen LogP contribution >= 0.6 is 0 Å². The van der Waals surface area contributed by atoms with Crippen LogP contribution in [-0.4, -0.2) is 49.6 Å². The highest BCUT2D eigenvalue weighted by Crippen LogP contribution is 2.17. The van der Waals surface area contributed by atoms with Gasteiger partial charge in [0.1, 0.15) is 0 Å². The van der Waals surface area contributed by atoms with Gasteiger partial charge in [-0.3, -0.25) is 15.0 Å². The molecule has 0 aromatic heterocycles. The highest BCUT2D eigenvalue weighted by molar-refractivity contribution is 5.96. The van der Waals surface area contributed by atoms with E-state index in [9.17, 15) is 9.59 Å². The predicted octanol–water partition coefficient (Wildman–Crippen LogP) is 0.527. The fourth-order valence-electron chi connectivity index (χ4n) is 1.76. The molecule has 0 aliphatic rings. The number of hydrogen-bond donors (Lipinski definition) is 3. The fraction of sp³-hybridized carbons (Fsp3) is 0.846. The van der Waals surface area contributed by atoms with Crippen molar-refractivity contribution < 1.29 is 9.59 Å². The lowest BCUT2D eigenvalue weighted by Gasteiger charge is -2.34. The van der Waals surface area contributed by atoms with Gasteiger partial charge in [0.2, 0.25) is 5.91 Å². The minimum atomic E-state index is -0.480. The van der Waals surface area contributed by atoms with E-state index in [2.05, 4.69) is 36.3 Å². The van der Waals surface area contributed by atoms with Gasteiger partial charge in [0.05, 0.1) is 6.04 Å². The molecule has 0 aromatic carbocycles. The van der Waals surface area contributed by atoms with Crippen molar-refractivity contribution >= 4 is 11.9 Å². The van der Waals surface area contributed by atoms with Crippen LogP contribution in [0, 0.1) is 5.41 Å². The molecule has 1 atom stereocenters. The van der Waals surface area contributed by atoms with Gasteiger partial charge in [-0.15, -0.1) is 0 Å². The van der Waals surface area contributed by atoms with Crippen molar-refractivity contribution in [1.29, 1.82) is 0 Å². The Bertz CT molecular complexity index is 305. The molecule has 112 valence electrons. The summed E-state index contributed by atoms with van der Waals surface area (Å²) in [4.78, 5) is 25.2. The summed E-state index contributed by atoms with van der Waals surface area (Å²) in [6, 6.07) is -0.838. The number of carbonyl (C=O) groups excluding carboxylic acids is 2. The molecular formula is C13H28N4O2. The van der Waals surface area contributed by atoms with Gasteiger partial charge in [0.15, 0.2) is 0 Å². The van der Waals surface area contributed by atoms with Crippen LogP contribution in [0.25, 0.3) is 0 Å². The summed E-state index contributed by atoms with van der Waals surface area (Å²) in [6.07, 6.45) is 0.943. The topological polar surface area (TPSA) is 87.5 Å². The van der Waals surface area contributed by atoms with E-state index in [1.54, 1.807) is 6.92 Å². The Hall–Kier alpha value is -1.14. The van der Waals surface area contributed by atoms with Crippen molar-refractivity contribution in [2.75, 3.05) is 26.7 Å². The molecule has 0 aromatic rings. The lowest BCUT2D eigenvalue weighted by molar-refractivity contribution is -0.125. The van der Waals surface area contributed by atoms with Crippen molar-refractivity contribution in [2.45, 2.75) is 40.2 Å². The third-order valence-electron chi connectivity index (χ3n) is 3.09. The summed E-state index contributed by atoms with van der Waals surface area (Å²) in [7, 11) is 1.48. The highest BCUT2D eigenvalue weighted by atomic mass is 16.2. The molecule has 0 fully saturated rings. The Kier molecular flexibility index (Phi) is 7.63. The molecule has 0 bridgehead atoms. The summed E-state index contributed by atoms with van der Waals surface area (Å²) in [5, 5.41) is 4.68. The van der Waals surface area contributed by atoms with Crippen LogP contribution in [0.2, 0.25) is 0 Å². The Morgan fingerprint density at radius 1 is 1.37 bits per heavy atom. The minimum absolute atomic E-state index is 0.0588. The van der Waals surface area contributed by atoms with Crippen LogP contribution in [0.1, 0.15) is 34.1 Å². The summed E-state index contributed by atoms with van der Waals surface area (Å²) in [6.45, 7) is 10.1. The molecule has 6 nitrogen and oxygen atoms in total. The molecule has 3 amide bonds. The predicted molar refractivity (Wildman–Crippen MR) is 76.8 cm³/mol. The maximum absolute atomic E-state index is 12.0. The van der Waals surface area contributed by atoms with Crippen LogP contribution in [-0.2, 0) is 4.79 Å². The number of imide groups is 1. The molecule has 0 saturated carbocycles. The molecule has 0 saturated heterocycles. The highest BCUT2D eigenvalue weighted by Gasteiger charge is 2.27. The second-order valence-corrected chi connectivity index (χ2v) is 5.58. The standard InChI is InChI=1S/C13H28N4O2/c1-6-7-17(9-13(3,4)8-14)10(2)11(18)16-12(19)15-5/h10H,6-9,14H2,1-5H3,(H2,15,16,18,19). The summed E-state index contributed by atoms with van der Waals surface area (Å²) in [5.41, 5.74) is 5.68. The average molecular weight is 272 g/mol. The molecule has 0 aliphatic heterocycles. The van der Waals surface area contributed by atoms with Gasteiger partial charge in [0, 0.05) is 13.6 Å². The zero-order chi connectivity index (χ0) is 15.1. The van der Waals surface area contributed by atoms with E-state index in [-0.39, 0.29) is 17.4 Å². The zero-order valence-corrected chi connectivity index (χ0v) is 12.7. The maximum Gasteiger partial charge on any atom is 0.321 e. The van der Waals surface area contributed by atoms with Crippen molar-refractivity contribution in [2.24, 2.45) is 11.1 Å². The van der Waals surface area contributed by atoms with Crippen LogP contribution in [0.15, 0.2) is 0 Å². The Balaban J connectivity index is 4.68. The molecule has 0 heterocycles. The van der Waals surface area contributed by atoms with E-state index in [1.807, 2.05) is 0 Å². The number of rotatable bonds is 7. The lowest BCUT2D eigenvalue weighted by Crippen LogP contribution is -2.52. The normalized spacial score (nSPS) is 13.2. The van der Waals surface area contributed by atoms with E-state index in [0.29, 0.717) is 6.54 Å². The molecule has 6 heteroatoms. The molecule has 19 heavy (non-hydrogen) atoms. The molecule has 0 aliphatic carbocycles. The number of nitrogens with zero attached hydrogens (tertiary/aromatic N) is 1. The van der Waals surface area contributed by atoms with Crippen molar-refractivity contribution in [3.63, 3.8) is 0 Å². The van der Waals surface area contributed by atoms with Gasteiger partial charge in [-0.05, 0) is 31.8 Å². The number of urea groups is 1. The second-order valence-electron chi connectivity index (χ2n) is 5.58. The largest absolute Gasteiger partial charge is 0.341 e. The van der Waals surface area contributed by atoms with E-state index in [4.69, 9.17) is 5.73 Å². The Labute approximate surface area is 116 Å². The van der Waals surface area contributed by atoms with Crippen molar-refractivity contribution in [3.8, 4) is 0 Å². The molecule has 0 radical (unpaired) electrons. The molecule has 0 rings (SSSR count). The smallest absolute Gasteiger partial charge is 0.321 e. The quantitative estimate of drug-likeness (QED) is 0.631. The SMILES string of the molecule is CCCN(CC(C)(C)CN)C(C)C(=O)NC(=O)NC. The van der Waals surface area contributed by atoms with Gasteiger partial charge in [0.25, 0.3) is 0 Å². The van der Waals surface area contributed by atoms with Crippen LogP contribution in [0.5, 0.6) is 0 Å². The third kappa shape index (κ3) is 6.54. The third-order valence-corrected chi connectivity index (χ3v) is 3.09. The first-order chi connectivity index (χ1) is 8.77. The number of carbonyl (C=O) groups is 2. The van der Waals surface area contributed by atoms with Crippen molar-refractivity contribution in [3.05, 3.63) is 0 Å². The van der Waals surface area contributed by atoms with E-state index < -0.39 is 6.03 Å². The van der Waals surface area contributed by atoms with E-state index in [0.717, 1.165) is 19.5 Å². The summed E-state index contributed by atoms with van der Waals surface area (Å²) in [5.74, 6) is -0.291. The van der Waals surface area contributed by atoms with Gasteiger partial charge in [-0.1, -0.05) is 20.8 Å². The van der Waals surface area contributed by atoms with Crippen LogP contribution < -0.4 is 16.4 Å². The number of nitrogens with two attached hydrogens (primary N) is 1. The molecule has 1 unspecified atom stereocenters. The summed E-state index contributed by atoms with van der Waals surface area (Å²) >= 11 is 0. The fourth-order valence-corrected chi connectivity index (χ4v) is 1.76. The van der Waals surface area contributed by atoms with Gasteiger partial charge in [-0.25, -0.2) is 4.79 Å². The first-order valence-corrected chi connectivity index (χ1v) is 6.74. The first kappa shape index (κ1) is 17.9. The Morgan fingerprint density at radius 2 is 1.95 bits per heavy atom. The van der Waals surface area contributed by atoms with Gasteiger partial charge >= 0.3 is 6.03 Å². The van der Waals surface area contributed by atoms with Crippen LogP contribution in [0.3, 0.4) is 0 Å². The number of amides is 3. The number of hydrogen-bond acceptors (Lipinski definition) is 4. The van der Waals surface area contributed by atoms with E-state index >= 15 is 0 Å². The van der Waals surface area contributed by atoms with Gasteiger partial charge < -0.3 is 11.1 Å². The monoisotopic (exact) mass is 272 g/mol. The molecular weight excluding hydrogens is 244 g/mol. The van der Waals surface area contributed by atoms with E-state index in [1.165, 1.54) is 7.05 Å². The molecule has 0 spiro atoms. The van der Waals surface area contributed by atoms with Crippen molar-refractivity contribution in [1.82, 2.24) is 15.5 Å². The molecule has 4 N–H and O–H groups in total. The second kappa shape index (κ2) is 8.12. The van der Waals surface area contributed by atoms with Gasteiger partial charge in [-0.2, -0.15) is 0 Å². The lowest BCUT2D eigenvalue weighted by atomic mass is 9.92. The first-order valence-electron chi connectivity index (χ1n) is 6.74. The Morgan fingerprint density at radius 3 is 2.37 bits per heavy atom.